The molecule has 0 amide bonds. The maximum atomic E-state index is 13.2. The molecule has 39 heavy (non-hydrogen) atoms. The molecule has 3 aromatic carbocycles. The Morgan fingerprint density at radius 3 is 2.69 bits per heavy atom. The average molecular weight is 519 g/mol. The zero-order valence-corrected chi connectivity index (χ0v) is 22.4. The van der Waals surface area contributed by atoms with Gasteiger partial charge in [0.05, 0.1) is 22.2 Å². The quantitative estimate of drug-likeness (QED) is 0.380. The van der Waals surface area contributed by atoms with Gasteiger partial charge in [0.1, 0.15) is 0 Å². The van der Waals surface area contributed by atoms with E-state index in [1.165, 1.54) is 51.7 Å². The minimum atomic E-state index is -0.959. The normalized spacial score (nSPS) is 30.2. The number of aromatic hydroxyl groups is 1. The molecule has 1 spiro atoms. The Morgan fingerprint density at radius 1 is 1.03 bits per heavy atom. The van der Waals surface area contributed by atoms with E-state index in [0.717, 1.165) is 44.0 Å². The van der Waals surface area contributed by atoms with Crippen LogP contribution in [0.2, 0.25) is 0 Å². The standard InChI is InChI=1S/C34H34N2O3/c1-20-6-5-9-24-25-17-34(38)27-16-23-12-13-26(37)31-28(23)33(34,14-15-35(27)18-22-10-11-22)32(39-31)30(25)36(29(20)24)19-21-7-3-2-4-8-21/h2-9,12-13,22,27,32,37-38H,10-11,14-19H2,1H3/t27-,32-,33-,34+/m0/s1. The minimum absolute atomic E-state index is 0.0476. The van der Waals surface area contributed by atoms with Crippen molar-refractivity contribution in [1.29, 1.82) is 0 Å². The number of ether oxygens (including phenoxy) is 1. The van der Waals surface area contributed by atoms with Crippen molar-refractivity contribution >= 4 is 10.9 Å². The number of aromatic nitrogens is 1. The number of benzene rings is 3. The van der Waals surface area contributed by atoms with Gasteiger partial charge < -0.3 is 19.5 Å². The molecule has 1 aromatic heterocycles. The summed E-state index contributed by atoms with van der Waals surface area (Å²) in [5.74, 6) is 1.57. The highest BCUT2D eigenvalue weighted by atomic mass is 16.5. The summed E-state index contributed by atoms with van der Waals surface area (Å²) in [6.45, 7) is 4.99. The number of nitrogens with zero attached hydrogens (tertiary/aromatic N) is 2. The summed E-state index contributed by atoms with van der Waals surface area (Å²) in [4.78, 5) is 2.60. The number of aliphatic hydroxyl groups is 1. The fraction of sp³-hybridized carbons (Fsp3) is 0.412. The van der Waals surface area contributed by atoms with Crippen molar-refractivity contribution < 1.29 is 14.9 Å². The lowest BCUT2D eigenvalue weighted by Gasteiger charge is -2.63. The Balaban J connectivity index is 1.33. The molecule has 2 N–H and O–H groups in total. The van der Waals surface area contributed by atoms with Gasteiger partial charge in [0.25, 0.3) is 0 Å². The van der Waals surface area contributed by atoms with Crippen LogP contribution in [-0.4, -0.2) is 44.4 Å². The molecule has 5 heteroatoms. The third kappa shape index (κ3) is 2.73. The van der Waals surface area contributed by atoms with Crippen LogP contribution < -0.4 is 4.74 Å². The molecule has 0 radical (unpaired) electrons. The second-order valence-electron chi connectivity index (χ2n) is 12.8. The van der Waals surface area contributed by atoms with Crippen molar-refractivity contribution in [2.24, 2.45) is 5.92 Å². The van der Waals surface area contributed by atoms with Crippen LogP contribution in [0.15, 0.2) is 60.7 Å². The molecule has 1 saturated carbocycles. The summed E-state index contributed by atoms with van der Waals surface area (Å²) in [6.07, 6.45) is 4.54. The van der Waals surface area contributed by atoms with Gasteiger partial charge in [-0.25, -0.2) is 0 Å². The molecule has 2 fully saturated rings. The molecule has 4 aromatic rings. The van der Waals surface area contributed by atoms with Gasteiger partial charge in [0.2, 0.25) is 0 Å². The molecule has 3 heterocycles. The first kappa shape index (κ1) is 22.5. The SMILES string of the molecule is Cc1cccc2c3c(n(Cc4ccccc4)c12)[C@@H]1Oc2c(O)ccc4c2[C@@]12CCN(CC1CC1)[C@@H](C4)[C@]2(O)C3. The van der Waals surface area contributed by atoms with Crippen LogP contribution in [0.4, 0.5) is 0 Å². The smallest absolute Gasteiger partial charge is 0.166 e. The molecule has 2 aliphatic heterocycles. The van der Waals surface area contributed by atoms with E-state index in [9.17, 15) is 10.2 Å². The molecular weight excluding hydrogens is 484 g/mol. The van der Waals surface area contributed by atoms with Crippen molar-refractivity contribution in [1.82, 2.24) is 9.47 Å². The molecule has 5 nitrogen and oxygen atoms in total. The van der Waals surface area contributed by atoms with Crippen molar-refractivity contribution in [2.45, 2.75) is 68.7 Å². The van der Waals surface area contributed by atoms with Gasteiger partial charge in [0.15, 0.2) is 17.6 Å². The van der Waals surface area contributed by atoms with E-state index in [2.05, 4.69) is 71.0 Å². The van der Waals surface area contributed by atoms with E-state index in [1.807, 2.05) is 0 Å². The van der Waals surface area contributed by atoms with E-state index in [0.29, 0.717) is 12.2 Å². The summed E-state index contributed by atoms with van der Waals surface area (Å²) in [5, 5.41) is 25.5. The summed E-state index contributed by atoms with van der Waals surface area (Å²) in [6, 6.07) is 21.2. The monoisotopic (exact) mass is 518 g/mol. The first-order valence-electron chi connectivity index (χ1n) is 14.6. The number of hydrogen-bond donors (Lipinski definition) is 2. The second-order valence-corrected chi connectivity index (χ2v) is 12.8. The lowest BCUT2D eigenvalue weighted by molar-refractivity contribution is -0.173. The maximum Gasteiger partial charge on any atom is 0.166 e. The van der Waals surface area contributed by atoms with Gasteiger partial charge in [-0.3, -0.25) is 4.90 Å². The zero-order chi connectivity index (χ0) is 26.1. The lowest BCUT2D eigenvalue weighted by atomic mass is 9.49. The van der Waals surface area contributed by atoms with Gasteiger partial charge in [-0.1, -0.05) is 54.6 Å². The Kier molecular flexibility index (Phi) is 4.31. The summed E-state index contributed by atoms with van der Waals surface area (Å²) in [5.41, 5.74) is 6.93. The van der Waals surface area contributed by atoms with Gasteiger partial charge in [-0.05, 0) is 73.4 Å². The molecule has 3 aliphatic carbocycles. The van der Waals surface area contributed by atoms with Crippen molar-refractivity contribution in [3.05, 3.63) is 94.2 Å². The second kappa shape index (κ2) is 7.47. The van der Waals surface area contributed by atoms with Crippen molar-refractivity contribution in [3.8, 4) is 11.5 Å². The molecule has 198 valence electrons. The van der Waals surface area contributed by atoms with Crippen molar-refractivity contribution in [2.75, 3.05) is 13.1 Å². The average Bonchev–Trinajstić information content (AvgIpc) is 3.60. The van der Waals surface area contributed by atoms with Crippen LogP contribution in [0.3, 0.4) is 0 Å². The third-order valence-corrected chi connectivity index (χ3v) is 10.8. The number of fused-ring (bicyclic) bond motifs is 4. The predicted molar refractivity (Wildman–Crippen MR) is 150 cm³/mol. The van der Waals surface area contributed by atoms with E-state index in [1.54, 1.807) is 6.07 Å². The summed E-state index contributed by atoms with van der Waals surface area (Å²) >= 11 is 0. The van der Waals surface area contributed by atoms with Crippen LogP contribution >= 0.6 is 0 Å². The van der Waals surface area contributed by atoms with Gasteiger partial charge in [-0.2, -0.15) is 0 Å². The number of hydrogen-bond acceptors (Lipinski definition) is 4. The zero-order valence-electron chi connectivity index (χ0n) is 22.4. The van der Waals surface area contributed by atoms with Crippen LogP contribution in [0, 0.1) is 12.8 Å². The van der Waals surface area contributed by atoms with Crippen LogP contribution in [0.25, 0.3) is 10.9 Å². The highest BCUT2D eigenvalue weighted by Gasteiger charge is 2.73. The third-order valence-electron chi connectivity index (χ3n) is 10.8. The fourth-order valence-corrected chi connectivity index (χ4v) is 9.02. The Labute approximate surface area is 228 Å². The molecule has 0 unspecified atom stereocenters. The molecule has 5 aliphatic rings. The Hall–Kier alpha value is -3.28. The summed E-state index contributed by atoms with van der Waals surface area (Å²) in [7, 11) is 0. The number of phenols is 1. The first-order valence-corrected chi connectivity index (χ1v) is 14.6. The van der Waals surface area contributed by atoms with Gasteiger partial charge in [-0.15, -0.1) is 0 Å². The number of piperidine rings is 1. The van der Waals surface area contributed by atoms with E-state index in [-0.39, 0.29) is 17.9 Å². The molecule has 1 saturated heterocycles. The van der Waals surface area contributed by atoms with Crippen LogP contribution in [-0.2, 0) is 24.8 Å². The van der Waals surface area contributed by atoms with Gasteiger partial charge in [0, 0.05) is 36.5 Å². The number of phenolic OH excluding ortho intramolecular Hbond substituents is 1. The Bertz CT molecular complexity index is 1670. The van der Waals surface area contributed by atoms with Crippen molar-refractivity contribution in [3.63, 3.8) is 0 Å². The topological polar surface area (TPSA) is 57.9 Å². The van der Waals surface area contributed by atoms with Gasteiger partial charge >= 0.3 is 0 Å². The van der Waals surface area contributed by atoms with E-state index >= 15 is 0 Å². The molecule has 2 bridgehead atoms. The molecule has 9 rings (SSSR count). The highest BCUT2D eigenvalue weighted by molar-refractivity contribution is 5.89. The highest BCUT2D eigenvalue weighted by Crippen LogP contribution is 2.69. The largest absolute Gasteiger partial charge is 0.504 e. The predicted octanol–water partition coefficient (Wildman–Crippen LogP) is 5.40. The van der Waals surface area contributed by atoms with Crippen LogP contribution in [0.1, 0.15) is 58.9 Å². The number of likely N-dealkylation sites (tertiary alicyclic amines) is 1. The number of aryl methyl sites for hydroxylation is 1. The Morgan fingerprint density at radius 2 is 1.87 bits per heavy atom. The van der Waals surface area contributed by atoms with E-state index < -0.39 is 11.0 Å². The van der Waals surface area contributed by atoms with E-state index in [4.69, 9.17) is 4.74 Å². The number of rotatable bonds is 4. The number of para-hydroxylation sites is 1. The first-order chi connectivity index (χ1) is 19.0. The lowest BCUT2D eigenvalue weighted by Crippen LogP contribution is -2.74. The fourth-order valence-electron chi connectivity index (χ4n) is 9.02. The molecule has 4 atom stereocenters. The maximum absolute atomic E-state index is 13.2. The molecular formula is C34H34N2O3. The van der Waals surface area contributed by atoms with Crippen LogP contribution in [0.5, 0.6) is 11.5 Å². The summed E-state index contributed by atoms with van der Waals surface area (Å²) < 4.78 is 9.40. The minimum Gasteiger partial charge on any atom is -0.504 e.